The topological polar surface area (TPSA) is 0 Å². The van der Waals surface area contributed by atoms with Crippen LogP contribution in [0.4, 0.5) is 0 Å². The molecule has 0 bridgehead atoms. The summed E-state index contributed by atoms with van der Waals surface area (Å²) in [5.41, 5.74) is 0. The molecule has 0 aromatic heterocycles. The average Bonchev–Trinajstić information content (AvgIpc) is 1.87. The maximum atomic E-state index is 5.48. The largest absolute Gasteiger partial charge is 0.180 e. The lowest BCUT2D eigenvalue weighted by molar-refractivity contribution is 2.01. The predicted molar refractivity (Wildman–Crippen MR) is 32.1 cm³/mol. The van der Waals surface area contributed by atoms with Gasteiger partial charge in [0.05, 0.1) is 0 Å². The molecular formula is C5H3Cl2-. The van der Waals surface area contributed by atoms with Crippen LogP contribution in [0.25, 0.3) is 0 Å². The molecule has 38 valence electrons. The van der Waals surface area contributed by atoms with Gasteiger partial charge in [0.15, 0.2) is 0 Å². The molecule has 0 spiro atoms. The maximum Gasteiger partial charge on any atom is -0.0775 e. The molecule has 0 radical (unpaired) electrons. The van der Waals surface area contributed by atoms with Crippen LogP contribution in [0.2, 0.25) is 10.0 Å². The number of rotatable bonds is 0. The molecule has 0 nitrogen and oxygen atoms in total. The molecule has 2 heteroatoms. The first kappa shape index (κ1) is 5.07. The van der Waals surface area contributed by atoms with Gasteiger partial charge in [-0.05, 0) is 0 Å². The fraction of sp³-hybridized carbons (Fsp3) is 0. The van der Waals surface area contributed by atoms with E-state index in [0.29, 0.717) is 10.0 Å². The van der Waals surface area contributed by atoms with E-state index in [0.717, 1.165) is 0 Å². The minimum atomic E-state index is 0.699. The summed E-state index contributed by atoms with van der Waals surface area (Å²) in [7, 11) is 0. The Labute approximate surface area is 52.0 Å². The second kappa shape index (κ2) is 1.81. The van der Waals surface area contributed by atoms with Crippen molar-refractivity contribution in [2.24, 2.45) is 0 Å². The van der Waals surface area contributed by atoms with Crippen molar-refractivity contribution in [2.75, 3.05) is 0 Å². The van der Waals surface area contributed by atoms with Gasteiger partial charge in [-0.2, -0.15) is 29.8 Å². The van der Waals surface area contributed by atoms with E-state index in [1.807, 2.05) is 0 Å². The van der Waals surface area contributed by atoms with Crippen LogP contribution in [0.15, 0.2) is 18.2 Å². The molecule has 7 heavy (non-hydrogen) atoms. The van der Waals surface area contributed by atoms with Crippen molar-refractivity contribution in [2.45, 2.75) is 0 Å². The standard InChI is InChI=1S/C5H3Cl2/c6-4-1-2-5(7)3-4/h1-3H/q-1. The van der Waals surface area contributed by atoms with E-state index in [9.17, 15) is 0 Å². The number of hydrogen-bond acceptors (Lipinski definition) is 0. The molecule has 0 saturated carbocycles. The van der Waals surface area contributed by atoms with Gasteiger partial charge < -0.3 is 0 Å². The summed E-state index contributed by atoms with van der Waals surface area (Å²) in [6.45, 7) is 0. The van der Waals surface area contributed by atoms with E-state index < -0.39 is 0 Å². The van der Waals surface area contributed by atoms with Crippen molar-refractivity contribution in [1.82, 2.24) is 0 Å². The van der Waals surface area contributed by atoms with Gasteiger partial charge in [-0.3, -0.25) is 0 Å². The van der Waals surface area contributed by atoms with Gasteiger partial charge in [0.1, 0.15) is 0 Å². The van der Waals surface area contributed by atoms with Crippen LogP contribution in [0.3, 0.4) is 0 Å². The van der Waals surface area contributed by atoms with Gasteiger partial charge in [-0.15, -0.1) is 16.6 Å². The number of hydrogen-bond donors (Lipinski definition) is 0. The Morgan fingerprint density at radius 3 is 2.29 bits per heavy atom. The summed E-state index contributed by atoms with van der Waals surface area (Å²) >= 11 is 11.0. The third kappa shape index (κ3) is 1.15. The smallest absolute Gasteiger partial charge is 0.0775 e. The van der Waals surface area contributed by atoms with E-state index in [-0.39, 0.29) is 0 Å². The molecule has 0 amide bonds. The minimum Gasteiger partial charge on any atom is -0.180 e. The lowest BCUT2D eigenvalue weighted by Gasteiger charge is -1.80. The van der Waals surface area contributed by atoms with Crippen molar-refractivity contribution >= 4 is 23.2 Å². The zero-order valence-corrected chi connectivity index (χ0v) is 5.00. The van der Waals surface area contributed by atoms with Gasteiger partial charge in [-0.1, -0.05) is 5.02 Å². The highest BCUT2D eigenvalue weighted by atomic mass is 35.5. The second-order valence-electron chi connectivity index (χ2n) is 1.25. The molecule has 0 atom stereocenters. The molecule has 1 aromatic carbocycles. The van der Waals surface area contributed by atoms with Gasteiger partial charge in [0.2, 0.25) is 0 Å². The first-order valence-electron chi connectivity index (χ1n) is 1.87. The molecule has 0 unspecified atom stereocenters. The van der Waals surface area contributed by atoms with Crippen LogP contribution in [0.1, 0.15) is 0 Å². The fourth-order valence-corrected chi connectivity index (χ4v) is 0.804. The SMILES string of the molecule is Clc1c[cH-]c(Cl)c1. The highest BCUT2D eigenvalue weighted by Crippen LogP contribution is 2.16. The lowest BCUT2D eigenvalue weighted by Crippen LogP contribution is -1.38. The predicted octanol–water partition coefficient (Wildman–Crippen LogP) is 2.71. The van der Waals surface area contributed by atoms with Crippen LogP contribution >= 0.6 is 23.2 Å². The second-order valence-corrected chi connectivity index (χ2v) is 2.12. The maximum absolute atomic E-state index is 5.48. The third-order valence-electron chi connectivity index (χ3n) is 0.678. The third-order valence-corrected chi connectivity index (χ3v) is 1.15. The van der Waals surface area contributed by atoms with Crippen LogP contribution in [0.5, 0.6) is 0 Å². The Morgan fingerprint density at radius 1 is 1.43 bits per heavy atom. The first-order chi connectivity index (χ1) is 3.29. The molecular weight excluding hydrogens is 131 g/mol. The summed E-state index contributed by atoms with van der Waals surface area (Å²) in [5, 5.41) is 1.40. The highest BCUT2D eigenvalue weighted by Gasteiger charge is 1.75. The van der Waals surface area contributed by atoms with Crippen molar-refractivity contribution in [3.63, 3.8) is 0 Å². The normalized spacial score (nSPS) is 9.43. The molecule has 0 N–H and O–H groups in total. The number of halogens is 2. The zero-order chi connectivity index (χ0) is 5.28. The molecule has 0 saturated heterocycles. The van der Waals surface area contributed by atoms with Crippen molar-refractivity contribution < 1.29 is 0 Å². The molecule has 0 fully saturated rings. The fourth-order valence-electron chi connectivity index (χ4n) is 0.387. The highest BCUT2D eigenvalue weighted by molar-refractivity contribution is 6.35. The van der Waals surface area contributed by atoms with Gasteiger partial charge in [0.25, 0.3) is 0 Å². The zero-order valence-electron chi connectivity index (χ0n) is 3.49. The Balaban J connectivity index is 3.04. The molecule has 1 rings (SSSR count). The summed E-state index contributed by atoms with van der Waals surface area (Å²) in [6, 6.07) is 5.21. The van der Waals surface area contributed by atoms with E-state index in [4.69, 9.17) is 23.2 Å². The average molecular weight is 134 g/mol. The molecule has 1 aromatic rings. The lowest BCUT2D eigenvalue weighted by atomic mass is 10.7. The van der Waals surface area contributed by atoms with Gasteiger partial charge in [0, 0.05) is 0 Å². The van der Waals surface area contributed by atoms with E-state index in [2.05, 4.69) is 0 Å². The molecule has 0 heterocycles. The summed E-state index contributed by atoms with van der Waals surface area (Å²) in [6.07, 6.45) is 0. The van der Waals surface area contributed by atoms with Crippen molar-refractivity contribution in [3.05, 3.63) is 28.2 Å². The summed E-state index contributed by atoms with van der Waals surface area (Å²) in [4.78, 5) is 0. The Hall–Kier alpha value is -0.0700. The molecule has 0 aliphatic heterocycles. The summed E-state index contributed by atoms with van der Waals surface area (Å²) < 4.78 is 0. The van der Waals surface area contributed by atoms with Gasteiger partial charge in [-0.25, -0.2) is 0 Å². The van der Waals surface area contributed by atoms with Gasteiger partial charge >= 0.3 is 0 Å². The Kier molecular flexibility index (Phi) is 1.31. The minimum absolute atomic E-state index is 0.699. The Morgan fingerprint density at radius 2 is 2.14 bits per heavy atom. The monoisotopic (exact) mass is 133 g/mol. The Bertz CT molecular complexity index is 138. The van der Waals surface area contributed by atoms with E-state index in [1.54, 1.807) is 18.2 Å². The van der Waals surface area contributed by atoms with Crippen LogP contribution in [0, 0.1) is 0 Å². The van der Waals surface area contributed by atoms with Crippen LogP contribution in [-0.4, -0.2) is 0 Å². The van der Waals surface area contributed by atoms with Crippen LogP contribution < -0.4 is 0 Å². The van der Waals surface area contributed by atoms with Crippen LogP contribution in [-0.2, 0) is 0 Å². The van der Waals surface area contributed by atoms with E-state index >= 15 is 0 Å². The summed E-state index contributed by atoms with van der Waals surface area (Å²) in [5.74, 6) is 0. The molecule has 0 aliphatic carbocycles. The van der Waals surface area contributed by atoms with E-state index in [1.165, 1.54) is 0 Å². The first-order valence-corrected chi connectivity index (χ1v) is 2.62. The van der Waals surface area contributed by atoms with Crippen molar-refractivity contribution in [3.8, 4) is 0 Å². The quantitative estimate of drug-likeness (QED) is 0.478. The molecule has 0 aliphatic rings. The van der Waals surface area contributed by atoms with Crippen molar-refractivity contribution in [1.29, 1.82) is 0 Å².